The Balaban J connectivity index is 1.62. The highest BCUT2D eigenvalue weighted by Crippen LogP contribution is 2.27. The molecule has 1 aliphatic rings. The number of carbonyl (C=O) groups is 1. The molecule has 1 unspecified atom stereocenters. The smallest absolute Gasteiger partial charge is 0.227 e. The monoisotopic (exact) mass is 280 g/mol. The van der Waals surface area contributed by atoms with E-state index in [1.165, 1.54) is 5.56 Å². The molecule has 2 aromatic rings. The fraction of sp³-hybridized carbons (Fsp3) is 0.278. The molecule has 1 saturated heterocycles. The molecular formula is C18H20N2O. The van der Waals surface area contributed by atoms with Crippen LogP contribution in [0.1, 0.15) is 23.5 Å². The summed E-state index contributed by atoms with van der Waals surface area (Å²) in [4.78, 5) is 14.4. The molecular weight excluding hydrogens is 260 g/mol. The van der Waals surface area contributed by atoms with E-state index >= 15 is 0 Å². The third-order valence-corrected chi connectivity index (χ3v) is 4.12. The van der Waals surface area contributed by atoms with E-state index in [1.807, 2.05) is 35.2 Å². The second-order valence-corrected chi connectivity index (χ2v) is 5.66. The van der Waals surface area contributed by atoms with Crippen molar-refractivity contribution in [2.45, 2.75) is 18.8 Å². The Hall–Kier alpha value is -2.29. The van der Waals surface area contributed by atoms with Crippen LogP contribution < -0.4 is 5.73 Å². The van der Waals surface area contributed by atoms with E-state index in [0.29, 0.717) is 18.0 Å². The molecule has 1 atom stereocenters. The predicted molar refractivity (Wildman–Crippen MR) is 84.9 cm³/mol. The van der Waals surface area contributed by atoms with Crippen LogP contribution in [0.3, 0.4) is 0 Å². The molecule has 2 N–H and O–H groups in total. The lowest BCUT2D eigenvalue weighted by atomic mass is 9.99. The van der Waals surface area contributed by atoms with E-state index in [0.717, 1.165) is 25.1 Å². The van der Waals surface area contributed by atoms with E-state index in [-0.39, 0.29) is 5.91 Å². The molecule has 1 aliphatic heterocycles. The van der Waals surface area contributed by atoms with Crippen LogP contribution in [-0.4, -0.2) is 23.9 Å². The SMILES string of the molecule is Nc1cccc(CC(=O)N2CCC(c3ccccc3)C2)c1. The van der Waals surface area contributed by atoms with Crippen molar-refractivity contribution >= 4 is 11.6 Å². The van der Waals surface area contributed by atoms with Crippen LogP contribution in [-0.2, 0) is 11.2 Å². The molecule has 0 aromatic heterocycles. The molecule has 21 heavy (non-hydrogen) atoms. The Kier molecular flexibility index (Phi) is 3.91. The Morgan fingerprint density at radius 1 is 1.14 bits per heavy atom. The van der Waals surface area contributed by atoms with E-state index in [4.69, 9.17) is 5.73 Å². The third kappa shape index (κ3) is 3.24. The number of anilines is 1. The van der Waals surface area contributed by atoms with E-state index in [9.17, 15) is 4.79 Å². The summed E-state index contributed by atoms with van der Waals surface area (Å²) in [5.74, 6) is 0.662. The molecule has 1 heterocycles. The van der Waals surface area contributed by atoms with Crippen molar-refractivity contribution < 1.29 is 4.79 Å². The van der Waals surface area contributed by atoms with Crippen LogP contribution in [0, 0.1) is 0 Å². The van der Waals surface area contributed by atoms with Crippen molar-refractivity contribution in [2.24, 2.45) is 0 Å². The van der Waals surface area contributed by atoms with Crippen molar-refractivity contribution in [3.8, 4) is 0 Å². The number of rotatable bonds is 3. The van der Waals surface area contributed by atoms with Crippen LogP contribution in [0.5, 0.6) is 0 Å². The molecule has 1 fully saturated rings. The van der Waals surface area contributed by atoms with Gasteiger partial charge in [0.15, 0.2) is 0 Å². The topological polar surface area (TPSA) is 46.3 Å². The van der Waals surface area contributed by atoms with Gasteiger partial charge in [-0.15, -0.1) is 0 Å². The Morgan fingerprint density at radius 3 is 2.71 bits per heavy atom. The highest BCUT2D eigenvalue weighted by atomic mass is 16.2. The summed E-state index contributed by atoms with van der Waals surface area (Å²) >= 11 is 0. The van der Waals surface area contributed by atoms with Gasteiger partial charge >= 0.3 is 0 Å². The van der Waals surface area contributed by atoms with E-state index in [2.05, 4.69) is 24.3 Å². The maximum atomic E-state index is 12.4. The first kappa shape index (κ1) is 13.7. The third-order valence-electron chi connectivity index (χ3n) is 4.12. The minimum atomic E-state index is 0.194. The number of nitrogen functional groups attached to an aromatic ring is 1. The maximum Gasteiger partial charge on any atom is 0.227 e. The number of hydrogen-bond acceptors (Lipinski definition) is 2. The normalized spacial score (nSPS) is 17.9. The van der Waals surface area contributed by atoms with E-state index in [1.54, 1.807) is 0 Å². The largest absolute Gasteiger partial charge is 0.399 e. The van der Waals surface area contributed by atoms with Crippen LogP contribution >= 0.6 is 0 Å². The molecule has 2 aromatic carbocycles. The van der Waals surface area contributed by atoms with E-state index < -0.39 is 0 Å². The summed E-state index contributed by atoms with van der Waals surface area (Å²) in [6.45, 7) is 1.67. The quantitative estimate of drug-likeness (QED) is 0.879. The second-order valence-electron chi connectivity index (χ2n) is 5.66. The van der Waals surface area contributed by atoms with Gasteiger partial charge in [0.05, 0.1) is 6.42 Å². The van der Waals surface area contributed by atoms with Crippen LogP contribution in [0.2, 0.25) is 0 Å². The van der Waals surface area contributed by atoms with Crippen molar-refractivity contribution in [1.82, 2.24) is 4.90 Å². The van der Waals surface area contributed by atoms with Crippen molar-refractivity contribution in [3.63, 3.8) is 0 Å². The summed E-state index contributed by atoms with van der Waals surface area (Å²) in [7, 11) is 0. The molecule has 3 heteroatoms. The standard InChI is InChI=1S/C18H20N2O/c19-17-8-4-5-14(11-17)12-18(21)20-10-9-16(13-20)15-6-2-1-3-7-15/h1-8,11,16H,9-10,12-13,19H2. The van der Waals surface area contributed by atoms with Gasteiger partial charge in [-0.3, -0.25) is 4.79 Å². The molecule has 0 saturated carbocycles. The Morgan fingerprint density at radius 2 is 1.95 bits per heavy atom. The minimum absolute atomic E-state index is 0.194. The molecule has 3 nitrogen and oxygen atoms in total. The number of amides is 1. The molecule has 0 radical (unpaired) electrons. The first-order valence-corrected chi connectivity index (χ1v) is 7.39. The minimum Gasteiger partial charge on any atom is -0.399 e. The van der Waals surface area contributed by atoms with Gasteiger partial charge in [-0.2, -0.15) is 0 Å². The number of hydrogen-bond donors (Lipinski definition) is 1. The van der Waals surface area contributed by atoms with Gasteiger partial charge in [-0.1, -0.05) is 42.5 Å². The van der Waals surface area contributed by atoms with Crippen molar-refractivity contribution in [2.75, 3.05) is 18.8 Å². The average molecular weight is 280 g/mol. The molecule has 0 aliphatic carbocycles. The lowest BCUT2D eigenvalue weighted by Crippen LogP contribution is -2.29. The summed E-state index contributed by atoms with van der Waals surface area (Å²) < 4.78 is 0. The van der Waals surface area contributed by atoms with Gasteiger partial charge in [0.1, 0.15) is 0 Å². The van der Waals surface area contributed by atoms with Gasteiger partial charge < -0.3 is 10.6 Å². The van der Waals surface area contributed by atoms with Crippen molar-refractivity contribution in [1.29, 1.82) is 0 Å². The molecule has 0 bridgehead atoms. The zero-order valence-corrected chi connectivity index (χ0v) is 12.0. The molecule has 3 rings (SSSR count). The van der Waals surface area contributed by atoms with Crippen LogP contribution in [0.4, 0.5) is 5.69 Å². The van der Waals surface area contributed by atoms with Crippen LogP contribution in [0.25, 0.3) is 0 Å². The number of nitrogens with two attached hydrogens (primary N) is 1. The first-order valence-electron chi connectivity index (χ1n) is 7.39. The average Bonchev–Trinajstić information content (AvgIpc) is 2.98. The highest BCUT2D eigenvalue weighted by molar-refractivity contribution is 5.79. The zero-order chi connectivity index (χ0) is 14.7. The summed E-state index contributed by atoms with van der Waals surface area (Å²) in [6, 6.07) is 18.0. The molecule has 1 amide bonds. The summed E-state index contributed by atoms with van der Waals surface area (Å²) in [5.41, 5.74) is 8.79. The zero-order valence-electron chi connectivity index (χ0n) is 12.0. The molecule has 108 valence electrons. The number of nitrogens with zero attached hydrogens (tertiary/aromatic N) is 1. The summed E-state index contributed by atoms with van der Waals surface area (Å²) in [5, 5.41) is 0. The fourth-order valence-corrected chi connectivity index (χ4v) is 2.97. The number of likely N-dealkylation sites (tertiary alicyclic amines) is 1. The van der Waals surface area contributed by atoms with Gasteiger partial charge in [-0.25, -0.2) is 0 Å². The first-order chi connectivity index (χ1) is 10.2. The Bertz CT molecular complexity index is 624. The number of carbonyl (C=O) groups excluding carboxylic acids is 1. The lowest BCUT2D eigenvalue weighted by molar-refractivity contribution is -0.129. The molecule has 0 spiro atoms. The lowest BCUT2D eigenvalue weighted by Gasteiger charge is -2.17. The maximum absolute atomic E-state index is 12.4. The summed E-state index contributed by atoms with van der Waals surface area (Å²) in [6.07, 6.45) is 1.49. The van der Waals surface area contributed by atoms with Gasteiger partial charge in [0.2, 0.25) is 5.91 Å². The highest BCUT2D eigenvalue weighted by Gasteiger charge is 2.26. The van der Waals surface area contributed by atoms with Gasteiger partial charge in [0, 0.05) is 24.7 Å². The Labute approximate surface area is 125 Å². The van der Waals surface area contributed by atoms with Crippen molar-refractivity contribution in [3.05, 3.63) is 65.7 Å². The predicted octanol–water partition coefficient (Wildman–Crippen LogP) is 2.83. The van der Waals surface area contributed by atoms with Gasteiger partial charge in [-0.05, 0) is 29.7 Å². The fourth-order valence-electron chi connectivity index (χ4n) is 2.97. The van der Waals surface area contributed by atoms with Gasteiger partial charge in [0.25, 0.3) is 0 Å². The van der Waals surface area contributed by atoms with Crippen LogP contribution in [0.15, 0.2) is 54.6 Å². The second kappa shape index (κ2) is 6.00. The number of benzene rings is 2.